The molecule has 1 aliphatic rings. The molecule has 0 saturated heterocycles. The molecule has 1 fully saturated rings. The Balaban J connectivity index is 1.87. The summed E-state index contributed by atoms with van der Waals surface area (Å²) in [5.74, 6) is -0.394. The van der Waals surface area contributed by atoms with Crippen LogP contribution >= 0.6 is 0 Å². The first-order valence-corrected chi connectivity index (χ1v) is 6.98. The molecular formula is C15H21FN2O. The maximum absolute atomic E-state index is 13.5. The molecule has 104 valence electrons. The number of benzene rings is 1. The number of para-hydroxylation sites is 1. The molecular weight excluding hydrogens is 243 g/mol. The minimum Gasteiger partial charge on any atom is -0.372 e. The highest BCUT2D eigenvalue weighted by atomic mass is 19.1. The summed E-state index contributed by atoms with van der Waals surface area (Å²) in [6.07, 6.45) is 5.73. The minimum atomic E-state index is -0.432. The molecule has 0 aliphatic heterocycles. The van der Waals surface area contributed by atoms with E-state index < -0.39 is 6.04 Å². The maximum Gasteiger partial charge on any atom is 0.242 e. The first-order valence-electron chi connectivity index (χ1n) is 6.98. The molecule has 0 bridgehead atoms. The van der Waals surface area contributed by atoms with Crippen molar-refractivity contribution in [3.63, 3.8) is 0 Å². The van der Waals surface area contributed by atoms with E-state index in [1.807, 2.05) is 0 Å². The van der Waals surface area contributed by atoms with Gasteiger partial charge in [0, 0.05) is 6.04 Å². The highest BCUT2D eigenvalue weighted by molar-refractivity contribution is 5.84. The fraction of sp³-hybridized carbons (Fsp3) is 0.533. The van der Waals surface area contributed by atoms with Crippen molar-refractivity contribution in [2.45, 2.75) is 51.1 Å². The summed E-state index contributed by atoms with van der Waals surface area (Å²) in [6.45, 7) is 1.75. The maximum atomic E-state index is 13.5. The second-order valence-corrected chi connectivity index (χ2v) is 5.19. The number of hydrogen-bond acceptors (Lipinski definition) is 2. The van der Waals surface area contributed by atoms with E-state index in [-0.39, 0.29) is 17.8 Å². The molecule has 19 heavy (non-hydrogen) atoms. The van der Waals surface area contributed by atoms with Gasteiger partial charge in [-0.2, -0.15) is 0 Å². The van der Waals surface area contributed by atoms with Crippen LogP contribution in [0.1, 0.15) is 39.0 Å². The van der Waals surface area contributed by atoms with E-state index in [0.717, 1.165) is 12.8 Å². The van der Waals surface area contributed by atoms with Gasteiger partial charge in [-0.05, 0) is 31.9 Å². The largest absolute Gasteiger partial charge is 0.372 e. The highest BCUT2D eigenvalue weighted by Crippen LogP contribution is 2.18. The van der Waals surface area contributed by atoms with Crippen LogP contribution in [0, 0.1) is 5.82 Å². The van der Waals surface area contributed by atoms with Crippen LogP contribution in [0.5, 0.6) is 0 Å². The van der Waals surface area contributed by atoms with Crippen LogP contribution < -0.4 is 10.6 Å². The minimum absolute atomic E-state index is 0.0600. The van der Waals surface area contributed by atoms with Gasteiger partial charge in [-0.25, -0.2) is 4.39 Å². The van der Waals surface area contributed by atoms with Crippen LogP contribution in [-0.2, 0) is 4.79 Å². The van der Waals surface area contributed by atoms with Crippen molar-refractivity contribution in [2.75, 3.05) is 5.32 Å². The van der Waals surface area contributed by atoms with Gasteiger partial charge >= 0.3 is 0 Å². The molecule has 1 aliphatic carbocycles. The Bertz CT molecular complexity index is 430. The first kappa shape index (κ1) is 13.8. The molecule has 1 amide bonds. The number of amides is 1. The van der Waals surface area contributed by atoms with Crippen LogP contribution in [0.15, 0.2) is 24.3 Å². The third-order valence-electron chi connectivity index (χ3n) is 3.59. The topological polar surface area (TPSA) is 41.1 Å². The summed E-state index contributed by atoms with van der Waals surface area (Å²) in [5.41, 5.74) is 0.369. The van der Waals surface area contributed by atoms with E-state index in [4.69, 9.17) is 0 Å². The van der Waals surface area contributed by atoms with Crippen LogP contribution in [0.3, 0.4) is 0 Å². The Morgan fingerprint density at radius 1 is 1.26 bits per heavy atom. The van der Waals surface area contributed by atoms with Crippen molar-refractivity contribution in [2.24, 2.45) is 0 Å². The van der Waals surface area contributed by atoms with E-state index in [1.165, 1.54) is 25.3 Å². The quantitative estimate of drug-likeness (QED) is 0.877. The number of anilines is 1. The molecule has 0 radical (unpaired) electrons. The van der Waals surface area contributed by atoms with E-state index in [2.05, 4.69) is 10.6 Å². The van der Waals surface area contributed by atoms with Crippen LogP contribution in [0.2, 0.25) is 0 Å². The summed E-state index contributed by atoms with van der Waals surface area (Å²) in [6, 6.07) is 6.25. The summed E-state index contributed by atoms with van der Waals surface area (Å²) >= 11 is 0. The molecule has 1 unspecified atom stereocenters. The predicted molar refractivity (Wildman–Crippen MR) is 74.5 cm³/mol. The Hall–Kier alpha value is -1.58. The summed E-state index contributed by atoms with van der Waals surface area (Å²) < 4.78 is 13.5. The average molecular weight is 264 g/mol. The van der Waals surface area contributed by atoms with Crippen molar-refractivity contribution in [3.05, 3.63) is 30.1 Å². The third-order valence-corrected chi connectivity index (χ3v) is 3.59. The Morgan fingerprint density at radius 3 is 2.63 bits per heavy atom. The number of nitrogens with one attached hydrogen (secondary N) is 2. The molecule has 4 heteroatoms. The van der Waals surface area contributed by atoms with Crippen molar-refractivity contribution in [3.8, 4) is 0 Å². The fourth-order valence-electron chi connectivity index (χ4n) is 2.45. The molecule has 0 aromatic heterocycles. The standard InChI is InChI=1S/C15H21FN2O/c1-11(17-14-10-6-5-9-13(14)16)15(19)18-12-7-3-2-4-8-12/h5-6,9-12,17H,2-4,7-8H2,1H3,(H,18,19). The molecule has 1 atom stereocenters. The molecule has 1 aromatic carbocycles. The van der Waals surface area contributed by atoms with Crippen LogP contribution in [-0.4, -0.2) is 18.0 Å². The molecule has 2 N–H and O–H groups in total. The number of carbonyl (C=O) groups is 1. The number of rotatable bonds is 4. The number of hydrogen-bond donors (Lipinski definition) is 2. The van der Waals surface area contributed by atoms with Gasteiger partial charge in [0.25, 0.3) is 0 Å². The molecule has 1 aromatic rings. The molecule has 2 rings (SSSR count). The summed E-state index contributed by atoms with van der Waals surface area (Å²) in [5, 5.41) is 5.95. The van der Waals surface area contributed by atoms with Gasteiger partial charge in [0.1, 0.15) is 11.9 Å². The normalized spacial score (nSPS) is 17.8. The van der Waals surface area contributed by atoms with Gasteiger partial charge in [0.05, 0.1) is 5.69 Å². The zero-order valence-electron chi connectivity index (χ0n) is 11.3. The molecule has 0 heterocycles. The van der Waals surface area contributed by atoms with Gasteiger partial charge < -0.3 is 10.6 Å². The fourth-order valence-corrected chi connectivity index (χ4v) is 2.45. The van der Waals surface area contributed by atoms with Crippen molar-refractivity contribution >= 4 is 11.6 Å². The second-order valence-electron chi connectivity index (χ2n) is 5.19. The lowest BCUT2D eigenvalue weighted by atomic mass is 9.95. The molecule has 0 spiro atoms. The number of carbonyl (C=O) groups excluding carboxylic acids is 1. The van der Waals surface area contributed by atoms with Crippen molar-refractivity contribution < 1.29 is 9.18 Å². The Kier molecular flexibility index (Phi) is 4.77. The van der Waals surface area contributed by atoms with E-state index in [9.17, 15) is 9.18 Å². The van der Waals surface area contributed by atoms with Gasteiger partial charge in [-0.1, -0.05) is 31.4 Å². The first-order chi connectivity index (χ1) is 9.16. The van der Waals surface area contributed by atoms with Gasteiger partial charge in [-0.3, -0.25) is 4.79 Å². The Morgan fingerprint density at radius 2 is 1.95 bits per heavy atom. The van der Waals surface area contributed by atoms with Crippen LogP contribution in [0.4, 0.5) is 10.1 Å². The highest BCUT2D eigenvalue weighted by Gasteiger charge is 2.19. The summed E-state index contributed by atoms with van der Waals surface area (Å²) in [7, 11) is 0. The molecule has 1 saturated carbocycles. The van der Waals surface area contributed by atoms with Crippen LogP contribution in [0.25, 0.3) is 0 Å². The molecule has 3 nitrogen and oxygen atoms in total. The van der Waals surface area contributed by atoms with E-state index in [1.54, 1.807) is 25.1 Å². The number of halogens is 1. The van der Waals surface area contributed by atoms with Gasteiger partial charge in [0.15, 0.2) is 0 Å². The van der Waals surface area contributed by atoms with Gasteiger partial charge in [-0.15, -0.1) is 0 Å². The zero-order valence-corrected chi connectivity index (χ0v) is 11.3. The zero-order chi connectivity index (χ0) is 13.7. The third kappa shape index (κ3) is 3.94. The lowest BCUT2D eigenvalue weighted by Crippen LogP contribution is -2.44. The lowest BCUT2D eigenvalue weighted by Gasteiger charge is -2.25. The van der Waals surface area contributed by atoms with Crippen molar-refractivity contribution in [1.82, 2.24) is 5.32 Å². The Labute approximate surface area is 113 Å². The van der Waals surface area contributed by atoms with Crippen molar-refractivity contribution in [1.29, 1.82) is 0 Å². The summed E-state index contributed by atoms with van der Waals surface area (Å²) in [4.78, 5) is 12.0. The average Bonchev–Trinajstić information content (AvgIpc) is 2.42. The monoisotopic (exact) mass is 264 g/mol. The SMILES string of the molecule is CC(Nc1ccccc1F)C(=O)NC1CCCCC1. The van der Waals surface area contributed by atoms with E-state index in [0.29, 0.717) is 5.69 Å². The smallest absolute Gasteiger partial charge is 0.242 e. The van der Waals surface area contributed by atoms with Gasteiger partial charge in [0.2, 0.25) is 5.91 Å². The van der Waals surface area contributed by atoms with E-state index >= 15 is 0 Å². The predicted octanol–water partition coefficient (Wildman–Crippen LogP) is 3.08. The lowest BCUT2D eigenvalue weighted by molar-refractivity contribution is -0.122. The second kappa shape index (κ2) is 6.55.